The second kappa shape index (κ2) is 5.61. The molecule has 4 aromatic rings. The molecular weight excluding hydrogens is 354 g/mol. The largest absolute Gasteiger partial charge is 0.207 e. The third-order valence-corrected chi connectivity index (χ3v) is 6.91. The van der Waals surface area contributed by atoms with Gasteiger partial charge in [-0.15, -0.1) is 22.7 Å². The summed E-state index contributed by atoms with van der Waals surface area (Å²) in [6, 6.07) is 17.8. The number of hydrogen-bond acceptors (Lipinski definition) is 2. The second-order valence-electron chi connectivity index (χ2n) is 6.10. The Bertz CT molecular complexity index is 983. The van der Waals surface area contributed by atoms with Gasteiger partial charge in [0.1, 0.15) is 11.6 Å². The van der Waals surface area contributed by atoms with Crippen molar-refractivity contribution >= 4 is 22.7 Å². The summed E-state index contributed by atoms with van der Waals surface area (Å²) in [6.45, 7) is 0. The predicted octanol–water partition coefficient (Wildman–Crippen LogP) is 6.99. The van der Waals surface area contributed by atoms with Gasteiger partial charge < -0.3 is 0 Å². The fourth-order valence-corrected chi connectivity index (χ4v) is 5.71. The molecule has 1 aliphatic carbocycles. The van der Waals surface area contributed by atoms with E-state index in [1.807, 2.05) is 24.3 Å². The molecule has 0 N–H and O–H groups in total. The number of benzene rings is 2. The summed E-state index contributed by atoms with van der Waals surface area (Å²) in [4.78, 5) is 5.02. The molecule has 0 spiro atoms. The fraction of sp³-hybridized carbons (Fsp3) is 0.0476. The Kier molecular flexibility index (Phi) is 3.37. The first kappa shape index (κ1) is 15.0. The van der Waals surface area contributed by atoms with Crippen LogP contribution in [0.3, 0.4) is 0 Å². The summed E-state index contributed by atoms with van der Waals surface area (Å²) >= 11 is 3.54. The smallest absolute Gasteiger partial charge is 0.123 e. The summed E-state index contributed by atoms with van der Waals surface area (Å²) in [6.07, 6.45) is 0.939. The van der Waals surface area contributed by atoms with Crippen molar-refractivity contribution in [2.75, 3.05) is 0 Å². The summed E-state index contributed by atoms with van der Waals surface area (Å²) in [7, 11) is 0. The lowest BCUT2D eigenvalue weighted by molar-refractivity contribution is 0.627. The molecule has 2 heterocycles. The van der Waals surface area contributed by atoms with E-state index < -0.39 is 0 Å². The molecule has 25 heavy (non-hydrogen) atoms. The van der Waals surface area contributed by atoms with Crippen molar-refractivity contribution in [3.8, 4) is 31.3 Å². The molecule has 0 bridgehead atoms. The first-order valence-corrected chi connectivity index (χ1v) is 9.58. The number of thiophene rings is 2. The molecule has 0 saturated carbocycles. The van der Waals surface area contributed by atoms with Gasteiger partial charge in [-0.25, -0.2) is 8.78 Å². The highest BCUT2D eigenvalue weighted by Crippen LogP contribution is 2.50. The third-order valence-electron chi connectivity index (χ3n) is 4.47. The van der Waals surface area contributed by atoms with Gasteiger partial charge in [-0.1, -0.05) is 24.3 Å². The summed E-state index contributed by atoms with van der Waals surface area (Å²) < 4.78 is 26.3. The Morgan fingerprint density at radius 2 is 1.24 bits per heavy atom. The van der Waals surface area contributed by atoms with E-state index in [9.17, 15) is 8.78 Å². The van der Waals surface area contributed by atoms with Crippen LogP contribution >= 0.6 is 22.7 Å². The van der Waals surface area contributed by atoms with Crippen molar-refractivity contribution in [1.29, 1.82) is 0 Å². The molecule has 0 unspecified atom stereocenters. The van der Waals surface area contributed by atoms with Crippen LogP contribution in [0.4, 0.5) is 8.78 Å². The number of fused-ring (bicyclic) bond motifs is 3. The standard InChI is InChI=1S/C21H12F2S2/c22-15-5-1-12(2-6-15)18-9-14-10-20-17(21(14)25-18)11-19(24-20)13-3-7-16(23)8-4-13/h1-9,11H,10H2. The molecule has 122 valence electrons. The van der Waals surface area contributed by atoms with Gasteiger partial charge in [-0.3, -0.25) is 0 Å². The number of rotatable bonds is 2. The van der Waals surface area contributed by atoms with Gasteiger partial charge in [0.25, 0.3) is 0 Å². The maximum atomic E-state index is 13.1. The van der Waals surface area contributed by atoms with Crippen molar-refractivity contribution in [2.45, 2.75) is 6.42 Å². The highest BCUT2D eigenvalue weighted by Gasteiger charge is 2.25. The van der Waals surface area contributed by atoms with Gasteiger partial charge in [0.2, 0.25) is 0 Å². The number of hydrogen-bond donors (Lipinski definition) is 0. The Hall–Kier alpha value is -2.30. The quantitative estimate of drug-likeness (QED) is 0.316. The van der Waals surface area contributed by atoms with E-state index >= 15 is 0 Å². The van der Waals surface area contributed by atoms with E-state index in [0.29, 0.717) is 0 Å². The summed E-state index contributed by atoms with van der Waals surface area (Å²) in [5.74, 6) is -0.422. The Morgan fingerprint density at radius 3 is 1.84 bits per heavy atom. The predicted molar refractivity (Wildman–Crippen MR) is 101 cm³/mol. The zero-order valence-corrected chi connectivity index (χ0v) is 14.7. The van der Waals surface area contributed by atoms with Crippen LogP contribution in [0.25, 0.3) is 31.3 Å². The summed E-state index contributed by atoms with van der Waals surface area (Å²) in [5, 5.41) is 0. The lowest BCUT2D eigenvalue weighted by Crippen LogP contribution is -1.77. The SMILES string of the molecule is Fc1ccc(-c2cc3c(s2)Cc2cc(-c4ccc(F)cc4)sc2-3)cc1. The van der Waals surface area contributed by atoms with Crippen LogP contribution in [0.5, 0.6) is 0 Å². The molecule has 0 amide bonds. The monoisotopic (exact) mass is 366 g/mol. The van der Waals surface area contributed by atoms with E-state index in [-0.39, 0.29) is 11.6 Å². The molecule has 0 fully saturated rings. The van der Waals surface area contributed by atoms with Crippen molar-refractivity contribution in [1.82, 2.24) is 0 Å². The molecule has 4 heteroatoms. The van der Waals surface area contributed by atoms with Gasteiger partial charge in [-0.05, 0) is 53.1 Å². The van der Waals surface area contributed by atoms with E-state index in [1.54, 1.807) is 22.7 Å². The van der Waals surface area contributed by atoms with Gasteiger partial charge in [0, 0.05) is 31.5 Å². The maximum Gasteiger partial charge on any atom is 0.123 e. The summed E-state index contributed by atoms with van der Waals surface area (Å²) in [5.41, 5.74) is 4.74. The molecule has 5 rings (SSSR count). The average Bonchev–Trinajstić information content (AvgIpc) is 3.26. The van der Waals surface area contributed by atoms with Gasteiger partial charge in [0.05, 0.1) is 0 Å². The normalized spacial score (nSPS) is 12.2. The number of halogens is 2. The second-order valence-corrected chi connectivity index (χ2v) is 8.29. The maximum absolute atomic E-state index is 13.1. The average molecular weight is 366 g/mol. The Balaban J connectivity index is 1.54. The van der Waals surface area contributed by atoms with Crippen LogP contribution in [0.1, 0.15) is 10.4 Å². The van der Waals surface area contributed by atoms with E-state index in [2.05, 4.69) is 12.1 Å². The molecule has 2 aromatic carbocycles. The highest BCUT2D eigenvalue weighted by atomic mass is 32.1. The van der Waals surface area contributed by atoms with Crippen LogP contribution in [0, 0.1) is 11.6 Å². The highest BCUT2D eigenvalue weighted by molar-refractivity contribution is 7.20. The van der Waals surface area contributed by atoms with Crippen LogP contribution in [-0.4, -0.2) is 0 Å². The van der Waals surface area contributed by atoms with E-state index in [1.165, 1.54) is 54.9 Å². The first-order valence-electron chi connectivity index (χ1n) is 7.95. The molecule has 0 atom stereocenters. The molecule has 0 radical (unpaired) electrons. The molecule has 2 aromatic heterocycles. The minimum absolute atomic E-state index is 0.211. The van der Waals surface area contributed by atoms with Gasteiger partial charge >= 0.3 is 0 Å². The molecule has 0 saturated heterocycles. The molecular formula is C21H12F2S2. The van der Waals surface area contributed by atoms with Gasteiger partial charge in [0.15, 0.2) is 0 Å². The Labute approximate surface area is 152 Å². The zero-order valence-electron chi connectivity index (χ0n) is 13.1. The molecule has 0 nitrogen and oxygen atoms in total. The molecule has 1 aliphatic rings. The van der Waals surface area contributed by atoms with Crippen molar-refractivity contribution < 1.29 is 8.78 Å². The Morgan fingerprint density at radius 1 is 0.680 bits per heavy atom. The minimum Gasteiger partial charge on any atom is -0.207 e. The molecule has 0 aliphatic heterocycles. The van der Waals surface area contributed by atoms with Crippen molar-refractivity contribution in [2.24, 2.45) is 0 Å². The van der Waals surface area contributed by atoms with Gasteiger partial charge in [-0.2, -0.15) is 0 Å². The topological polar surface area (TPSA) is 0 Å². The van der Waals surface area contributed by atoms with Crippen LogP contribution in [0.15, 0.2) is 60.7 Å². The van der Waals surface area contributed by atoms with E-state index in [0.717, 1.165) is 17.5 Å². The van der Waals surface area contributed by atoms with Crippen LogP contribution < -0.4 is 0 Å². The first-order chi connectivity index (χ1) is 12.2. The third kappa shape index (κ3) is 2.53. The minimum atomic E-state index is -0.211. The van der Waals surface area contributed by atoms with Crippen molar-refractivity contribution in [3.63, 3.8) is 0 Å². The lowest BCUT2D eigenvalue weighted by atomic mass is 10.1. The van der Waals surface area contributed by atoms with E-state index in [4.69, 9.17) is 0 Å². The van der Waals surface area contributed by atoms with Crippen molar-refractivity contribution in [3.05, 3.63) is 82.7 Å². The zero-order chi connectivity index (χ0) is 17.0. The fourth-order valence-electron chi connectivity index (χ4n) is 3.23. The lowest BCUT2D eigenvalue weighted by Gasteiger charge is -1.97. The van der Waals surface area contributed by atoms with Crippen LogP contribution in [0.2, 0.25) is 0 Å². The van der Waals surface area contributed by atoms with Crippen LogP contribution in [-0.2, 0) is 6.42 Å².